The fourth-order valence-corrected chi connectivity index (χ4v) is 1.82. The van der Waals surface area contributed by atoms with Crippen LogP contribution in [0, 0.1) is 0 Å². The summed E-state index contributed by atoms with van der Waals surface area (Å²) < 4.78 is 10.3. The molecule has 1 aliphatic rings. The zero-order valence-electron chi connectivity index (χ0n) is 9.04. The molecule has 0 saturated carbocycles. The van der Waals surface area contributed by atoms with Crippen molar-refractivity contribution < 1.29 is 19.7 Å². The van der Waals surface area contributed by atoms with Crippen LogP contribution in [0.1, 0.15) is 6.92 Å². The molecule has 0 aromatic rings. The summed E-state index contributed by atoms with van der Waals surface area (Å²) in [5, 5.41) is 19.6. The van der Waals surface area contributed by atoms with Gasteiger partial charge in [0, 0.05) is 7.11 Å². The summed E-state index contributed by atoms with van der Waals surface area (Å²) in [6.45, 7) is 1.76. The highest BCUT2D eigenvalue weighted by Gasteiger charge is 2.43. The van der Waals surface area contributed by atoms with Crippen LogP contribution in [0.3, 0.4) is 0 Å². The molecule has 1 fully saturated rings. The summed E-state index contributed by atoms with van der Waals surface area (Å²) in [7, 11) is 5.09. The van der Waals surface area contributed by atoms with Gasteiger partial charge in [-0.05, 0) is 21.0 Å². The second kappa shape index (κ2) is 4.55. The fraction of sp³-hybridized carbons (Fsp3) is 1.00. The molecule has 0 aromatic carbocycles. The predicted molar refractivity (Wildman–Crippen MR) is 50.8 cm³/mol. The van der Waals surface area contributed by atoms with Gasteiger partial charge in [0.15, 0.2) is 6.29 Å². The molecule has 1 heterocycles. The summed E-state index contributed by atoms with van der Waals surface area (Å²) in [6.07, 6.45) is -2.54. The van der Waals surface area contributed by atoms with Crippen molar-refractivity contribution in [3.05, 3.63) is 0 Å². The minimum atomic E-state index is -0.832. The minimum Gasteiger partial charge on any atom is -0.389 e. The Balaban J connectivity index is 2.78. The number of aliphatic hydroxyl groups is 2. The van der Waals surface area contributed by atoms with E-state index in [0.29, 0.717) is 0 Å². The van der Waals surface area contributed by atoms with Gasteiger partial charge in [-0.3, -0.25) is 0 Å². The standard InChI is InChI=1S/C9H19NO4/c1-5-7(11)6(10(2)3)8(12)9(13-4)14-5/h5-9,11-12H,1-4H3/t5-,6+,7-,8-,9?/m1/s1. The molecule has 2 N–H and O–H groups in total. The molecule has 0 aromatic heterocycles. The van der Waals surface area contributed by atoms with Crippen LogP contribution in [0.5, 0.6) is 0 Å². The van der Waals surface area contributed by atoms with Crippen molar-refractivity contribution in [3.63, 3.8) is 0 Å². The zero-order chi connectivity index (χ0) is 10.9. The lowest BCUT2D eigenvalue weighted by molar-refractivity contribution is -0.272. The lowest BCUT2D eigenvalue weighted by Crippen LogP contribution is -2.62. The predicted octanol–water partition coefficient (Wildman–Crippen LogP) is -0.970. The van der Waals surface area contributed by atoms with Gasteiger partial charge in [-0.2, -0.15) is 0 Å². The van der Waals surface area contributed by atoms with E-state index in [1.54, 1.807) is 11.8 Å². The van der Waals surface area contributed by atoms with E-state index in [9.17, 15) is 10.2 Å². The number of rotatable bonds is 2. The highest BCUT2D eigenvalue weighted by atomic mass is 16.7. The topological polar surface area (TPSA) is 62.2 Å². The molecule has 1 rings (SSSR count). The molecule has 0 spiro atoms. The Labute approximate surface area is 84.2 Å². The molecule has 0 aliphatic carbocycles. The highest BCUT2D eigenvalue weighted by molar-refractivity contribution is 4.92. The Hall–Kier alpha value is -0.200. The van der Waals surface area contributed by atoms with Crippen molar-refractivity contribution in [2.24, 2.45) is 0 Å². The molecule has 5 heteroatoms. The van der Waals surface area contributed by atoms with Gasteiger partial charge in [0.25, 0.3) is 0 Å². The molecule has 1 aliphatic heterocycles. The van der Waals surface area contributed by atoms with Crippen LogP contribution >= 0.6 is 0 Å². The Morgan fingerprint density at radius 1 is 1.21 bits per heavy atom. The van der Waals surface area contributed by atoms with Gasteiger partial charge >= 0.3 is 0 Å². The number of nitrogens with zero attached hydrogens (tertiary/aromatic N) is 1. The second-order valence-corrected chi connectivity index (χ2v) is 3.88. The Morgan fingerprint density at radius 3 is 2.21 bits per heavy atom. The van der Waals surface area contributed by atoms with Crippen LogP contribution in [-0.2, 0) is 9.47 Å². The van der Waals surface area contributed by atoms with Crippen LogP contribution in [0.15, 0.2) is 0 Å². The van der Waals surface area contributed by atoms with Crippen molar-refractivity contribution in [3.8, 4) is 0 Å². The van der Waals surface area contributed by atoms with Crippen molar-refractivity contribution in [2.75, 3.05) is 21.2 Å². The third kappa shape index (κ3) is 2.07. The molecular formula is C9H19NO4. The lowest BCUT2D eigenvalue weighted by Gasteiger charge is -2.43. The second-order valence-electron chi connectivity index (χ2n) is 3.88. The Morgan fingerprint density at radius 2 is 1.79 bits per heavy atom. The van der Waals surface area contributed by atoms with Gasteiger partial charge in [0.05, 0.1) is 18.2 Å². The van der Waals surface area contributed by atoms with Crippen molar-refractivity contribution in [1.82, 2.24) is 4.90 Å². The van der Waals surface area contributed by atoms with Crippen LogP contribution < -0.4 is 0 Å². The first-order chi connectivity index (χ1) is 6.49. The quantitative estimate of drug-likeness (QED) is 0.607. The summed E-state index contributed by atoms with van der Waals surface area (Å²) in [5.74, 6) is 0. The number of hydrogen-bond acceptors (Lipinski definition) is 5. The first kappa shape index (κ1) is 11.9. The average molecular weight is 205 g/mol. The van der Waals surface area contributed by atoms with Gasteiger partial charge in [-0.1, -0.05) is 0 Å². The normalized spacial score (nSPS) is 44.4. The number of ether oxygens (including phenoxy) is 2. The molecule has 0 amide bonds. The van der Waals surface area contributed by atoms with E-state index in [1.807, 2.05) is 14.1 Å². The van der Waals surface area contributed by atoms with Crippen molar-refractivity contribution in [2.45, 2.75) is 37.6 Å². The number of hydrogen-bond donors (Lipinski definition) is 2. The van der Waals surface area contributed by atoms with E-state index in [2.05, 4.69) is 0 Å². The molecule has 1 saturated heterocycles. The van der Waals surface area contributed by atoms with E-state index in [-0.39, 0.29) is 12.1 Å². The largest absolute Gasteiger partial charge is 0.389 e. The molecule has 5 atom stereocenters. The number of likely N-dealkylation sites (N-methyl/N-ethyl adjacent to an activating group) is 1. The van der Waals surface area contributed by atoms with E-state index < -0.39 is 18.5 Å². The zero-order valence-corrected chi connectivity index (χ0v) is 9.04. The highest BCUT2D eigenvalue weighted by Crippen LogP contribution is 2.23. The third-order valence-electron chi connectivity index (χ3n) is 2.64. The van der Waals surface area contributed by atoms with Gasteiger partial charge < -0.3 is 24.6 Å². The first-order valence-electron chi connectivity index (χ1n) is 4.70. The van der Waals surface area contributed by atoms with Crippen LogP contribution in [0.2, 0.25) is 0 Å². The van der Waals surface area contributed by atoms with E-state index in [0.717, 1.165) is 0 Å². The molecule has 0 bridgehead atoms. The van der Waals surface area contributed by atoms with Gasteiger partial charge in [-0.25, -0.2) is 0 Å². The first-order valence-corrected chi connectivity index (χ1v) is 4.70. The summed E-state index contributed by atoms with van der Waals surface area (Å²) in [5.41, 5.74) is 0. The molecule has 84 valence electrons. The van der Waals surface area contributed by atoms with Gasteiger partial charge in [-0.15, -0.1) is 0 Å². The Kier molecular flexibility index (Phi) is 3.86. The molecule has 5 nitrogen and oxygen atoms in total. The Bertz CT molecular complexity index is 188. The monoisotopic (exact) mass is 205 g/mol. The molecule has 14 heavy (non-hydrogen) atoms. The maximum atomic E-state index is 9.84. The maximum Gasteiger partial charge on any atom is 0.185 e. The summed E-state index contributed by atoms with van der Waals surface area (Å²) in [4.78, 5) is 1.78. The van der Waals surface area contributed by atoms with Gasteiger partial charge in [0.2, 0.25) is 0 Å². The van der Waals surface area contributed by atoms with E-state index in [4.69, 9.17) is 9.47 Å². The molecular weight excluding hydrogens is 186 g/mol. The fourth-order valence-electron chi connectivity index (χ4n) is 1.82. The summed E-state index contributed by atoms with van der Waals surface area (Å²) >= 11 is 0. The number of methoxy groups -OCH3 is 1. The van der Waals surface area contributed by atoms with E-state index >= 15 is 0 Å². The van der Waals surface area contributed by atoms with Crippen LogP contribution in [0.25, 0.3) is 0 Å². The number of aliphatic hydroxyl groups excluding tert-OH is 2. The van der Waals surface area contributed by atoms with Crippen molar-refractivity contribution in [1.29, 1.82) is 0 Å². The SMILES string of the molecule is COC1O[C@H](C)[C@@H](O)[C@H](N(C)C)[C@H]1O. The average Bonchev–Trinajstić information content (AvgIpc) is 2.11. The van der Waals surface area contributed by atoms with Crippen molar-refractivity contribution >= 4 is 0 Å². The third-order valence-corrected chi connectivity index (χ3v) is 2.64. The van der Waals surface area contributed by atoms with Crippen LogP contribution in [0.4, 0.5) is 0 Å². The lowest BCUT2D eigenvalue weighted by atomic mass is 9.96. The van der Waals surface area contributed by atoms with Crippen LogP contribution in [-0.4, -0.2) is 67.0 Å². The smallest absolute Gasteiger partial charge is 0.185 e. The maximum absolute atomic E-state index is 9.84. The molecule has 0 radical (unpaired) electrons. The summed E-state index contributed by atoms with van der Waals surface area (Å²) in [6, 6.07) is -0.358. The van der Waals surface area contributed by atoms with E-state index in [1.165, 1.54) is 7.11 Å². The van der Waals surface area contributed by atoms with Gasteiger partial charge in [0.1, 0.15) is 6.10 Å². The minimum absolute atomic E-state index is 0.337. The molecule has 1 unspecified atom stereocenters.